The zero-order valence-electron chi connectivity index (χ0n) is 9.91. The van der Waals surface area contributed by atoms with Crippen LogP contribution in [0.3, 0.4) is 0 Å². The van der Waals surface area contributed by atoms with E-state index in [1.54, 1.807) is 0 Å². The van der Waals surface area contributed by atoms with E-state index in [1.807, 2.05) is 6.92 Å². The minimum atomic E-state index is 0.179. The zero-order valence-corrected chi connectivity index (χ0v) is 9.91. The Kier molecular flexibility index (Phi) is 6.98. The van der Waals surface area contributed by atoms with Crippen molar-refractivity contribution in [2.75, 3.05) is 26.4 Å². The largest absolute Gasteiger partial charge is 0.381 e. The van der Waals surface area contributed by atoms with Crippen LogP contribution < -0.4 is 5.73 Å². The summed E-state index contributed by atoms with van der Waals surface area (Å²) in [6.45, 7) is 5.06. The molecule has 0 heterocycles. The molecule has 1 aliphatic carbocycles. The van der Waals surface area contributed by atoms with Gasteiger partial charge < -0.3 is 15.2 Å². The van der Waals surface area contributed by atoms with Crippen LogP contribution >= 0.6 is 0 Å². The van der Waals surface area contributed by atoms with Crippen LogP contribution in [-0.4, -0.2) is 32.5 Å². The van der Waals surface area contributed by atoms with E-state index in [0.29, 0.717) is 6.54 Å². The highest BCUT2D eigenvalue weighted by atomic mass is 16.5. The van der Waals surface area contributed by atoms with Gasteiger partial charge in [-0.3, -0.25) is 0 Å². The Bertz CT molecular complexity index is 147. The minimum absolute atomic E-state index is 0.179. The molecule has 0 radical (unpaired) electrons. The predicted molar refractivity (Wildman–Crippen MR) is 61.9 cm³/mol. The van der Waals surface area contributed by atoms with E-state index in [1.165, 1.54) is 25.7 Å². The van der Waals surface area contributed by atoms with E-state index in [-0.39, 0.29) is 6.10 Å². The third kappa shape index (κ3) is 5.50. The van der Waals surface area contributed by atoms with Crippen molar-refractivity contribution in [3.63, 3.8) is 0 Å². The first-order valence-electron chi connectivity index (χ1n) is 6.26. The fourth-order valence-electron chi connectivity index (χ4n) is 2.15. The zero-order chi connectivity index (χ0) is 10.9. The molecule has 3 heteroatoms. The second kappa shape index (κ2) is 8.08. The van der Waals surface area contributed by atoms with Gasteiger partial charge in [-0.25, -0.2) is 0 Å². The first kappa shape index (κ1) is 12.9. The highest BCUT2D eigenvalue weighted by Crippen LogP contribution is 2.24. The fraction of sp³-hybridized carbons (Fsp3) is 1.00. The van der Waals surface area contributed by atoms with Crippen LogP contribution in [-0.2, 0) is 9.47 Å². The van der Waals surface area contributed by atoms with Crippen LogP contribution in [0.4, 0.5) is 0 Å². The van der Waals surface area contributed by atoms with Crippen LogP contribution in [0.5, 0.6) is 0 Å². The minimum Gasteiger partial charge on any atom is -0.381 e. The van der Waals surface area contributed by atoms with E-state index in [0.717, 1.165) is 32.2 Å². The quantitative estimate of drug-likeness (QED) is 0.629. The molecule has 0 aromatic carbocycles. The Balaban J connectivity index is 1.94. The van der Waals surface area contributed by atoms with E-state index >= 15 is 0 Å². The van der Waals surface area contributed by atoms with Gasteiger partial charge >= 0.3 is 0 Å². The van der Waals surface area contributed by atoms with Crippen LogP contribution in [0.2, 0.25) is 0 Å². The highest BCUT2D eigenvalue weighted by Gasteiger charge is 2.15. The number of hydrogen-bond acceptors (Lipinski definition) is 3. The van der Waals surface area contributed by atoms with Gasteiger partial charge in [0.1, 0.15) is 0 Å². The molecule has 1 rings (SSSR count). The monoisotopic (exact) mass is 215 g/mol. The average molecular weight is 215 g/mol. The van der Waals surface area contributed by atoms with Gasteiger partial charge in [-0.1, -0.05) is 12.8 Å². The Labute approximate surface area is 93.3 Å². The van der Waals surface area contributed by atoms with Gasteiger partial charge in [-0.15, -0.1) is 0 Å². The van der Waals surface area contributed by atoms with Crippen LogP contribution in [0.25, 0.3) is 0 Å². The van der Waals surface area contributed by atoms with E-state index in [9.17, 15) is 0 Å². The number of hydrogen-bond donors (Lipinski definition) is 1. The Morgan fingerprint density at radius 2 is 2.07 bits per heavy atom. The van der Waals surface area contributed by atoms with Crippen LogP contribution in [0.1, 0.15) is 39.0 Å². The van der Waals surface area contributed by atoms with Crippen LogP contribution in [0, 0.1) is 5.92 Å². The smallest absolute Gasteiger partial charge is 0.0719 e. The second-order valence-electron chi connectivity index (χ2n) is 4.33. The normalized spacial score (nSPS) is 19.6. The molecule has 1 saturated carbocycles. The summed E-state index contributed by atoms with van der Waals surface area (Å²) in [5.41, 5.74) is 5.58. The van der Waals surface area contributed by atoms with E-state index in [4.69, 9.17) is 15.2 Å². The summed E-state index contributed by atoms with van der Waals surface area (Å²) < 4.78 is 11.1. The summed E-state index contributed by atoms with van der Waals surface area (Å²) in [5.74, 6) is 0.813. The summed E-state index contributed by atoms with van der Waals surface area (Å²) in [4.78, 5) is 0. The topological polar surface area (TPSA) is 44.5 Å². The summed E-state index contributed by atoms with van der Waals surface area (Å²) in [6, 6.07) is 0. The standard InChI is InChI=1S/C12H25NO2/c1-2-15-12(9-13)7-8-14-10-11-5-3-4-6-11/h11-12H,2-10,13H2,1H3. The molecule has 0 aliphatic heterocycles. The van der Waals surface area contributed by atoms with Crippen molar-refractivity contribution in [2.45, 2.75) is 45.1 Å². The summed E-state index contributed by atoms with van der Waals surface area (Å²) >= 11 is 0. The maximum atomic E-state index is 5.66. The molecule has 0 bridgehead atoms. The molecule has 1 fully saturated rings. The van der Waals surface area contributed by atoms with Crippen molar-refractivity contribution in [2.24, 2.45) is 11.7 Å². The summed E-state index contributed by atoms with van der Waals surface area (Å²) in [5, 5.41) is 0. The molecule has 0 spiro atoms. The lowest BCUT2D eigenvalue weighted by Gasteiger charge is -2.15. The highest BCUT2D eigenvalue weighted by molar-refractivity contribution is 4.66. The third-order valence-corrected chi connectivity index (χ3v) is 3.08. The van der Waals surface area contributed by atoms with Gasteiger partial charge in [-0.05, 0) is 32.1 Å². The fourth-order valence-corrected chi connectivity index (χ4v) is 2.15. The lowest BCUT2D eigenvalue weighted by molar-refractivity contribution is 0.0256. The van der Waals surface area contributed by atoms with Gasteiger partial charge in [0.2, 0.25) is 0 Å². The van der Waals surface area contributed by atoms with Gasteiger partial charge in [0.25, 0.3) is 0 Å². The molecule has 90 valence electrons. The molecule has 15 heavy (non-hydrogen) atoms. The summed E-state index contributed by atoms with van der Waals surface area (Å²) in [7, 11) is 0. The molecule has 2 N–H and O–H groups in total. The van der Waals surface area contributed by atoms with Crippen molar-refractivity contribution < 1.29 is 9.47 Å². The second-order valence-corrected chi connectivity index (χ2v) is 4.33. The molecular formula is C12H25NO2. The van der Waals surface area contributed by atoms with Gasteiger partial charge in [0, 0.05) is 26.4 Å². The van der Waals surface area contributed by atoms with Gasteiger partial charge in [-0.2, -0.15) is 0 Å². The molecule has 1 aliphatic rings. The molecule has 1 unspecified atom stereocenters. The van der Waals surface area contributed by atoms with Crippen molar-refractivity contribution in [1.29, 1.82) is 0 Å². The van der Waals surface area contributed by atoms with E-state index < -0.39 is 0 Å². The number of nitrogens with two attached hydrogens (primary N) is 1. The molecule has 1 atom stereocenters. The van der Waals surface area contributed by atoms with E-state index in [2.05, 4.69) is 0 Å². The Morgan fingerprint density at radius 1 is 1.33 bits per heavy atom. The van der Waals surface area contributed by atoms with Gasteiger partial charge in [0.15, 0.2) is 0 Å². The molecule has 0 aromatic heterocycles. The maximum absolute atomic E-state index is 5.66. The molecule has 0 amide bonds. The summed E-state index contributed by atoms with van der Waals surface area (Å²) in [6.07, 6.45) is 6.59. The molecular weight excluding hydrogens is 190 g/mol. The number of rotatable bonds is 8. The predicted octanol–water partition coefficient (Wildman–Crippen LogP) is 1.95. The molecule has 0 aromatic rings. The van der Waals surface area contributed by atoms with Crippen molar-refractivity contribution >= 4 is 0 Å². The lowest BCUT2D eigenvalue weighted by Crippen LogP contribution is -2.25. The Hall–Kier alpha value is -0.120. The molecule has 0 saturated heterocycles. The first-order valence-corrected chi connectivity index (χ1v) is 6.26. The SMILES string of the molecule is CCOC(CN)CCOCC1CCCC1. The maximum Gasteiger partial charge on any atom is 0.0719 e. The van der Waals surface area contributed by atoms with Crippen LogP contribution in [0.15, 0.2) is 0 Å². The first-order chi connectivity index (χ1) is 7.36. The van der Waals surface area contributed by atoms with Crippen molar-refractivity contribution in [1.82, 2.24) is 0 Å². The Morgan fingerprint density at radius 3 is 2.67 bits per heavy atom. The number of ether oxygens (including phenoxy) is 2. The van der Waals surface area contributed by atoms with Crippen molar-refractivity contribution in [3.05, 3.63) is 0 Å². The lowest BCUT2D eigenvalue weighted by atomic mass is 10.1. The third-order valence-electron chi connectivity index (χ3n) is 3.08. The average Bonchev–Trinajstić information content (AvgIpc) is 2.75. The molecule has 3 nitrogen and oxygen atoms in total. The van der Waals surface area contributed by atoms with Gasteiger partial charge in [0.05, 0.1) is 6.10 Å². The van der Waals surface area contributed by atoms with Crippen molar-refractivity contribution in [3.8, 4) is 0 Å².